The fourth-order valence-corrected chi connectivity index (χ4v) is 2.81. The van der Waals surface area contributed by atoms with E-state index in [1.165, 1.54) is 23.1 Å². The number of hydrogen-bond donors (Lipinski definition) is 1. The third-order valence-electron chi connectivity index (χ3n) is 4.27. The highest BCUT2D eigenvalue weighted by molar-refractivity contribution is 5.96. The lowest BCUT2D eigenvalue weighted by Gasteiger charge is -2.35. The predicted octanol–water partition coefficient (Wildman–Crippen LogP) is 2.68. The van der Waals surface area contributed by atoms with Crippen molar-refractivity contribution in [2.75, 3.05) is 13.1 Å². The van der Waals surface area contributed by atoms with Crippen molar-refractivity contribution in [3.8, 4) is 0 Å². The predicted molar refractivity (Wildman–Crippen MR) is 78.5 cm³/mol. The van der Waals surface area contributed by atoms with Crippen molar-refractivity contribution < 1.29 is 28.0 Å². The zero-order chi connectivity index (χ0) is 18.1. The molecule has 0 bridgehead atoms. The highest BCUT2D eigenvalue weighted by Crippen LogP contribution is 2.32. The maximum absolute atomic E-state index is 12.5. The highest BCUT2D eigenvalue weighted by atomic mass is 19.4. The Bertz CT molecular complexity index is 640. The van der Waals surface area contributed by atoms with Crippen molar-refractivity contribution in [1.82, 2.24) is 4.90 Å². The molecule has 1 aliphatic rings. The largest absolute Gasteiger partial charge is 0.414 e. The number of non-ortho nitro benzene ring substituents is 1. The molecule has 1 heterocycles. The second kappa shape index (κ2) is 6.76. The minimum atomic E-state index is -4.67. The van der Waals surface area contributed by atoms with Gasteiger partial charge in [0, 0.05) is 30.8 Å². The summed E-state index contributed by atoms with van der Waals surface area (Å²) in [6.45, 7) is 1.77. The number of nitrogens with zero attached hydrogens (tertiary/aromatic N) is 2. The first-order chi connectivity index (χ1) is 11.1. The molecule has 0 aliphatic carbocycles. The maximum Gasteiger partial charge on any atom is 0.414 e. The number of alkyl halides is 3. The molecule has 1 unspecified atom stereocenters. The molecule has 1 amide bonds. The SMILES string of the molecule is Cc1ccc([N+](=O)[O-])cc1C(=O)N1CCC(C(O)C(F)(F)F)CC1. The summed E-state index contributed by atoms with van der Waals surface area (Å²) in [4.78, 5) is 24.1. The summed E-state index contributed by atoms with van der Waals surface area (Å²) in [5.41, 5.74) is 0.508. The van der Waals surface area contributed by atoms with Crippen LogP contribution < -0.4 is 0 Å². The molecule has 1 saturated heterocycles. The molecule has 0 saturated carbocycles. The molecule has 1 atom stereocenters. The summed E-state index contributed by atoms with van der Waals surface area (Å²) in [5.74, 6) is -1.39. The average molecular weight is 346 g/mol. The summed E-state index contributed by atoms with van der Waals surface area (Å²) in [5, 5.41) is 20.1. The third-order valence-corrected chi connectivity index (χ3v) is 4.27. The Morgan fingerprint density at radius 2 is 1.96 bits per heavy atom. The van der Waals surface area contributed by atoms with E-state index in [0.717, 1.165) is 0 Å². The molecule has 1 fully saturated rings. The summed E-state index contributed by atoms with van der Waals surface area (Å²) < 4.78 is 37.6. The van der Waals surface area contributed by atoms with Gasteiger partial charge in [-0.1, -0.05) is 6.07 Å². The smallest absolute Gasteiger partial charge is 0.383 e. The lowest BCUT2D eigenvalue weighted by atomic mass is 9.90. The van der Waals surface area contributed by atoms with E-state index in [9.17, 15) is 33.2 Å². The van der Waals surface area contributed by atoms with Crippen LogP contribution in [0.1, 0.15) is 28.8 Å². The Morgan fingerprint density at radius 1 is 1.38 bits per heavy atom. The van der Waals surface area contributed by atoms with Crippen LogP contribution in [-0.2, 0) is 0 Å². The lowest BCUT2D eigenvalue weighted by molar-refractivity contribution is -0.384. The molecule has 1 aromatic carbocycles. The molecule has 24 heavy (non-hydrogen) atoms. The number of benzene rings is 1. The maximum atomic E-state index is 12.5. The van der Waals surface area contributed by atoms with Crippen molar-refractivity contribution in [1.29, 1.82) is 0 Å². The number of aryl methyl sites for hydroxylation is 1. The van der Waals surface area contributed by atoms with Gasteiger partial charge >= 0.3 is 6.18 Å². The molecule has 6 nitrogen and oxygen atoms in total. The van der Waals surface area contributed by atoms with Gasteiger partial charge in [-0.15, -0.1) is 0 Å². The van der Waals surface area contributed by atoms with Gasteiger partial charge in [0.15, 0.2) is 6.10 Å². The van der Waals surface area contributed by atoms with Crippen molar-refractivity contribution in [2.24, 2.45) is 5.92 Å². The van der Waals surface area contributed by atoms with E-state index in [1.54, 1.807) is 6.92 Å². The molecular formula is C15H17F3N2O4. The Kier molecular flexibility index (Phi) is 5.12. The molecule has 132 valence electrons. The molecule has 1 N–H and O–H groups in total. The van der Waals surface area contributed by atoms with Crippen LogP contribution in [0.4, 0.5) is 18.9 Å². The summed E-state index contributed by atoms with van der Waals surface area (Å²) >= 11 is 0. The van der Waals surface area contributed by atoms with Gasteiger partial charge in [0.2, 0.25) is 0 Å². The van der Waals surface area contributed by atoms with Crippen LogP contribution in [0, 0.1) is 23.0 Å². The van der Waals surface area contributed by atoms with Crippen molar-refractivity contribution in [2.45, 2.75) is 32.0 Å². The van der Waals surface area contributed by atoms with Gasteiger partial charge in [0.25, 0.3) is 11.6 Å². The van der Waals surface area contributed by atoms with Crippen LogP contribution in [0.2, 0.25) is 0 Å². The molecule has 1 aromatic rings. The Hall–Kier alpha value is -2.16. The molecule has 1 aliphatic heterocycles. The van der Waals surface area contributed by atoms with Crippen molar-refractivity contribution in [3.05, 3.63) is 39.4 Å². The first-order valence-corrected chi connectivity index (χ1v) is 7.40. The molecule has 2 rings (SSSR count). The minimum Gasteiger partial charge on any atom is -0.383 e. The molecule has 9 heteroatoms. The van der Waals surface area contributed by atoms with Gasteiger partial charge in [0.05, 0.1) is 4.92 Å². The van der Waals surface area contributed by atoms with Crippen LogP contribution in [0.25, 0.3) is 0 Å². The summed E-state index contributed by atoms with van der Waals surface area (Å²) in [6, 6.07) is 3.93. The molecule has 0 aromatic heterocycles. The number of piperidine rings is 1. The second-order valence-corrected chi connectivity index (χ2v) is 5.87. The number of nitro benzene ring substituents is 1. The van der Waals surface area contributed by atoms with E-state index in [0.29, 0.717) is 5.56 Å². The summed E-state index contributed by atoms with van der Waals surface area (Å²) in [6.07, 6.45) is -7.01. The van der Waals surface area contributed by atoms with Gasteiger partial charge in [-0.25, -0.2) is 0 Å². The number of aliphatic hydroxyl groups excluding tert-OH is 1. The molecule has 0 radical (unpaired) electrons. The van der Waals surface area contributed by atoms with Crippen LogP contribution in [0.3, 0.4) is 0 Å². The first-order valence-electron chi connectivity index (χ1n) is 7.40. The monoisotopic (exact) mass is 346 g/mol. The fraction of sp³-hybridized carbons (Fsp3) is 0.533. The van der Waals surface area contributed by atoms with Crippen LogP contribution in [0.5, 0.6) is 0 Å². The Labute approximate surface area is 136 Å². The van der Waals surface area contributed by atoms with Crippen molar-refractivity contribution in [3.63, 3.8) is 0 Å². The van der Waals surface area contributed by atoms with Gasteiger partial charge in [-0.05, 0) is 31.2 Å². The standard InChI is InChI=1S/C15H17F3N2O4/c1-9-2-3-11(20(23)24)8-12(9)14(22)19-6-4-10(5-7-19)13(21)15(16,17)18/h2-3,8,10,13,21H,4-7H2,1H3. The zero-order valence-electron chi connectivity index (χ0n) is 12.9. The molecule has 0 spiro atoms. The number of likely N-dealkylation sites (tertiary alicyclic amines) is 1. The average Bonchev–Trinajstić information content (AvgIpc) is 2.53. The normalized spacial score (nSPS) is 17.6. The van der Waals surface area contributed by atoms with Crippen LogP contribution in [-0.4, -0.2) is 46.2 Å². The number of amides is 1. The topological polar surface area (TPSA) is 83.7 Å². The van der Waals surface area contributed by atoms with E-state index in [1.807, 2.05) is 0 Å². The fourth-order valence-electron chi connectivity index (χ4n) is 2.81. The second-order valence-electron chi connectivity index (χ2n) is 5.87. The number of halogens is 3. The van der Waals surface area contributed by atoms with E-state index >= 15 is 0 Å². The minimum absolute atomic E-state index is 0.0282. The number of carbonyl (C=O) groups is 1. The first kappa shape index (κ1) is 18.2. The highest BCUT2D eigenvalue weighted by Gasteiger charge is 2.44. The number of aliphatic hydroxyl groups is 1. The zero-order valence-corrected chi connectivity index (χ0v) is 12.9. The summed E-state index contributed by atoms with van der Waals surface area (Å²) in [7, 11) is 0. The number of carbonyl (C=O) groups excluding carboxylic acids is 1. The number of rotatable bonds is 3. The van der Waals surface area contributed by atoms with Crippen LogP contribution >= 0.6 is 0 Å². The van der Waals surface area contributed by atoms with Gasteiger partial charge < -0.3 is 10.0 Å². The Morgan fingerprint density at radius 3 is 2.46 bits per heavy atom. The van der Waals surface area contributed by atoms with Gasteiger partial charge in [0.1, 0.15) is 0 Å². The molecular weight excluding hydrogens is 329 g/mol. The van der Waals surface area contributed by atoms with E-state index < -0.39 is 29.0 Å². The quantitative estimate of drug-likeness (QED) is 0.674. The van der Waals surface area contributed by atoms with E-state index in [-0.39, 0.29) is 37.2 Å². The van der Waals surface area contributed by atoms with Crippen LogP contribution in [0.15, 0.2) is 18.2 Å². The third kappa shape index (κ3) is 3.84. The van der Waals surface area contributed by atoms with E-state index in [2.05, 4.69) is 0 Å². The van der Waals surface area contributed by atoms with Gasteiger partial charge in [-0.2, -0.15) is 13.2 Å². The van der Waals surface area contributed by atoms with Gasteiger partial charge in [-0.3, -0.25) is 14.9 Å². The number of nitro groups is 1. The van der Waals surface area contributed by atoms with E-state index in [4.69, 9.17) is 0 Å². The Balaban J connectivity index is 2.08. The number of hydrogen-bond acceptors (Lipinski definition) is 4. The van der Waals surface area contributed by atoms with Crippen molar-refractivity contribution >= 4 is 11.6 Å². The lowest BCUT2D eigenvalue weighted by Crippen LogP contribution is -2.45.